The second kappa shape index (κ2) is 10.8. The SMILES string of the molecule is C.CN.CNc1nccc2n[nH]c(I)c12.Clc1nccc2n[nH]c(I)c12. The maximum Gasteiger partial charge on any atom is 0.141 e. The molecule has 11 heteroatoms. The monoisotopic (exact) mass is 600 g/mol. The highest BCUT2D eigenvalue weighted by molar-refractivity contribution is 14.1. The third kappa shape index (κ3) is 4.92. The van der Waals surface area contributed by atoms with Crippen LogP contribution in [0.15, 0.2) is 24.5 Å². The van der Waals surface area contributed by atoms with Crippen molar-refractivity contribution < 1.29 is 0 Å². The van der Waals surface area contributed by atoms with Gasteiger partial charge in [0.1, 0.15) is 18.4 Å². The molecule has 4 rings (SSSR count). The quantitative estimate of drug-likeness (QED) is 0.194. The van der Waals surface area contributed by atoms with Crippen molar-refractivity contribution in [2.75, 3.05) is 19.4 Å². The molecule has 0 atom stereocenters. The van der Waals surface area contributed by atoms with Gasteiger partial charge in [0.25, 0.3) is 0 Å². The predicted octanol–water partition coefficient (Wildman–Crippen LogP) is 4.03. The Labute approximate surface area is 183 Å². The van der Waals surface area contributed by atoms with Crippen molar-refractivity contribution in [3.8, 4) is 0 Å². The number of hydrogen-bond acceptors (Lipinski definition) is 6. The first kappa shape index (κ1) is 22.8. The number of pyridine rings is 2. The molecule has 0 aromatic carbocycles. The van der Waals surface area contributed by atoms with Gasteiger partial charge in [0.2, 0.25) is 0 Å². The summed E-state index contributed by atoms with van der Waals surface area (Å²) in [6.45, 7) is 0. The summed E-state index contributed by atoms with van der Waals surface area (Å²) in [6.07, 6.45) is 3.38. The molecule has 0 saturated carbocycles. The number of H-pyrrole nitrogens is 2. The van der Waals surface area contributed by atoms with E-state index in [1.54, 1.807) is 12.4 Å². The molecule has 0 amide bonds. The van der Waals surface area contributed by atoms with Gasteiger partial charge >= 0.3 is 0 Å². The number of nitrogens with one attached hydrogen (secondary N) is 3. The topological polar surface area (TPSA) is 121 Å². The molecule has 8 nitrogen and oxygen atoms in total. The summed E-state index contributed by atoms with van der Waals surface area (Å²) in [4.78, 5) is 8.12. The van der Waals surface area contributed by atoms with E-state index < -0.39 is 0 Å². The molecule has 0 spiro atoms. The molecule has 0 aliphatic rings. The molecule has 0 bridgehead atoms. The van der Waals surface area contributed by atoms with E-state index in [0.717, 1.165) is 35.0 Å². The van der Waals surface area contributed by atoms with Crippen LogP contribution in [-0.2, 0) is 0 Å². The molecule has 0 radical (unpaired) electrons. The summed E-state index contributed by atoms with van der Waals surface area (Å²) in [5.41, 5.74) is 6.30. The number of nitrogens with two attached hydrogens (primary N) is 1. The van der Waals surface area contributed by atoms with Gasteiger partial charge in [-0.3, -0.25) is 10.2 Å². The van der Waals surface area contributed by atoms with Crippen LogP contribution in [-0.4, -0.2) is 44.5 Å². The van der Waals surface area contributed by atoms with E-state index in [1.807, 2.05) is 19.2 Å². The minimum atomic E-state index is 0. The van der Waals surface area contributed by atoms with E-state index in [9.17, 15) is 0 Å². The number of rotatable bonds is 1. The lowest BCUT2D eigenvalue weighted by Gasteiger charge is -1.98. The standard InChI is InChI=1S/C7H7IN4.C6H3ClIN3.CH5N.CH4/c1-9-7-5-4(2-3-10-7)11-12-6(5)8;7-5-4-3(1-2-9-5)10-11-6(4)8;1-2;/h2-3H,1H3,(H,9,10)(H,11,12);1-2H,(H,10,11);2H2,1H3;1H4. The fourth-order valence-electron chi connectivity index (χ4n) is 2.00. The number of aromatic amines is 2. The first-order valence-electron chi connectivity index (χ1n) is 7.00. The zero-order chi connectivity index (χ0) is 18.4. The van der Waals surface area contributed by atoms with Crippen LogP contribution in [0.2, 0.25) is 5.15 Å². The Morgan fingerprint density at radius 2 is 1.46 bits per heavy atom. The fourth-order valence-corrected chi connectivity index (χ4v) is 3.72. The van der Waals surface area contributed by atoms with Crippen LogP contribution in [0.4, 0.5) is 5.82 Å². The van der Waals surface area contributed by atoms with Crippen LogP contribution >= 0.6 is 56.8 Å². The van der Waals surface area contributed by atoms with Gasteiger partial charge in [-0.1, -0.05) is 19.0 Å². The second-order valence-electron chi connectivity index (χ2n) is 4.37. The molecule has 0 aliphatic heterocycles. The number of aromatic nitrogens is 6. The van der Waals surface area contributed by atoms with Gasteiger partial charge in [0.15, 0.2) is 0 Å². The van der Waals surface area contributed by atoms with E-state index in [4.69, 9.17) is 11.6 Å². The summed E-state index contributed by atoms with van der Waals surface area (Å²) in [5, 5.41) is 19.3. The molecule has 0 unspecified atom stereocenters. The van der Waals surface area contributed by atoms with Crippen molar-refractivity contribution in [3.05, 3.63) is 37.1 Å². The third-order valence-electron chi connectivity index (χ3n) is 3.04. The van der Waals surface area contributed by atoms with Crippen LogP contribution in [0.5, 0.6) is 0 Å². The molecular weight excluding hydrogens is 581 g/mol. The second-order valence-corrected chi connectivity index (χ2v) is 6.89. The van der Waals surface area contributed by atoms with E-state index in [-0.39, 0.29) is 7.43 Å². The highest BCUT2D eigenvalue weighted by atomic mass is 127. The normalized spacial score (nSPS) is 9.62. The number of fused-ring (bicyclic) bond motifs is 2. The van der Waals surface area contributed by atoms with Gasteiger partial charge in [-0.25, -0.2) is 9.97 Å². The lowest BCUT2D eigenvalue weighted by atomic mass is 10.3. The smallest absolute Gasteiger partial charge is 0.141 e. The Morgan fingerprint density at radius 1 is 0.962 bits per heavy atom. The molecule has 0 fully saturated rings. The first-order valence-corrected chi connectivity index (χ1v) is 9.53. The number of hydrogen-bond donors (Lipinski definition) is 4. The maximum atomic E-state index is 5.83. The number of nitrogens with zero attached hydrogens (tertiary/aromatic N) is 4. The average molecular weight is 601 g/mol. The Hall–Kier alpha value is -1.25. The zero-order valence-corrected chi connectivity index (χ0v) is 18.4. The fraction of sp³-hybridized carbons (Fsp3) is 0.200. The lowest BCUT2D eigenvalue weighted by Crippen LogP contribution is -1.92. The minimum absolute atomic E-state index is 0. The van der Waals surface area contributed by atoms with Crippen LogP contribution in [0.25, 0.3) is 21.8 Å². The number of anilines is 1. The van der Waals surface area contributed by atoms with Crippen molar-refractivity contribution in [1.29, 1.82) is 0 Å². The van der Waals surface area contributed by atoms with E-state index >= 15 is 0 Å². The molecular formula is C15H19ClI2N8. The highest BCUT2D eigenvalue weighted by Gasteiger charge is 2.07. The van der Waals surface area contributed by atoms with Crippen molar-refractivity contribution in [1.82, 2.24) is 30.4 Å². The van der Waals surface area contributed by atoms with Crippen molar-refractivity contribution >= 4 is 84.4 Å². The van der Waals surface area contributed by atoms with Crippen molar-refractivity contribution in [2.45, 2.75) is 7.43 Å². The Kier molecular flexibility index (Phi) is 9.46. The van der Waals surface area contributed by atoms with Gasteiger partial charge in [0.05, 0.1) is 21.8 Å². The summed E-state index contributed by atoms with van der Waals surface area (Å²) in [7, 11) is 3.35. The van der Waals surface area contributed by atoms with Crippen LogP contribution in [0, 0.1) is 7.40 Å². The van der Waals surface area contributed by atoms with Crippen molar-refractivity contribution in [2.24, 2.45) is 5.73 Å². The van der Waals surface area contributed by atoms with Crippen LogP contribution in [0.1, 0.15) is 7.43 Å². The Balaban J connectivity index is 0.000000230. The first-order chi connectivity index (χ1) is 12.1. The van der Waals surface area contributed by atoms with Gasteiger partial charge in [-0.2, -0.15) is 10.2 Å². The van der Waals surface area contributed by atoms with Gasteiger partial charge in [-0.15, -0.1) is 0 Å². The largest absolute Gasteiger partial charge is 0.373 e. The predicted molar refractivity (Wildman–Crippen MR) is 125 cm³/mol. The summed E-state index contributed by atoms with van der Waals surface area (Å²) >= 11 is 10.2. The Bertz CT molecular complexity index is 969. The molecule has 4 aromatic rings. The average Bonchev–Trinajstić information content (AvgIpc) is 3.22. The molecule has 5 N–H and O–H groups in total. The number of halogens is 3. The molecule has 4 heterocycles. The molecule has 0 aliphatic carbocycles. The van der Waals surface area contributed by atoms with Gasteiger partial charge < -0.3 is 11.1 Å². The maximum absolute atomic E-state index is 5.83. The highest BCUT2D eigenvalue weighted by Crippen LogP contribution is 2.24. The molecule has 26 heavy (non-hydrogen) atoms. The van der Waals surface area contributed by atoms with Crippen LogP contribution in [0.3, 0.4) is 0 Å². The lowest BCUT2D eigenvalue weighted by molar-refractivity contribution is 1.09. The third-order valence-corrected chi connectivity index (χ3v) is 4.88. The summed E-state index contributed by atoms with van der Waals surface area (Å²) < 4.78 is 1.94. The van der Waals surface area contributed by atoms with Crippen LogP contribution < -0.4 is 11.1 Å². The van der Waals surface area contributed by atoms with E-state index in [1.165, 1.54) is 7.05 Å². The molecule has 0 saturated heterocycles. The molecule has 140 valence electrons. The summed E-state index contributed by atoms with van der Waals surface area (Å²) in [5.74, 6) is 0.866. The molecule has 4 aromatic heterocycles. The zero-order valence-electron chi connectivity index (χ0n) is 13.3. The Morgan fingerprint density at radius 3 is 2.00 bits per heavy atom. The van der Waals surface area contributed by atoms with Gasteiger partial charge in [0, 0.05) is 19.4 Å². The van der Waals surface area contributed by atoms with Gasteiger partial charge in [-0.05, 0) is 64.4 Å². The minimum Gasteiger partial charge on any atom is -0.373 e. The van der Waals surface area contributed by atoms with Crippen molar-refractivity contribution in [3.63, 3.8) is 0 Å². The van der Waals surface area contributed by atoms with E-state index in [2.05, 4.69) is 86.6 Å². The van der Waals surface area contributed by atoms with E-state index in [0.29, 0.717) is 5.15 Å². The summed E-state index contributed by atoms with van der Waals surface area (Å²) in [6, 6.07) is 3.70.